The predicted octanol–water partition coefficient (Wildman–Crippen LogP) is 3.31. The van der Waals surface area contributed by atoms with Gasteiger partial charge in [-0.2, -0.15) is 0 Å². The number of hydrogen-bond donors (Lipinski definition) is 1. The molecule has 1 aliphatic rings. The molecule has 0 heterocycles. The van der Waals surface area contributed by atoms with Crippen molar-refractivity contribution in [3.8, 4) is 5.75 Å². The summed E-state index contributed by atoms with van der Waals surface area (Å²) in [5.41, 5.74) is 1.35. The molecule has 0 aromatic heterocycles. The number of methoxy groups -OCH3 is 1. The van der Waals surface area contributed by atoms with Crippen LogP contribution in [-0.2, 0) is 0 Å². The SMILES string of the molecule is C=CC(C)NC(c1ccc(OC)cc1)C1CC1. The molecule has 0 bridgehead atoms. The van der Waals surface area contributed by atoms with Crippen molar-refractivity contribution in [2.75, 3.05) is 7.11 Å². The third kappa shape index (κ3) is 3.10. The number of hydrogen-bond acceptors (Lipinski definition) is 2. The Hall–Kier alpha value is -1.28. The summed E-state index contributed by atoms with van der Waals surface area (Å²) in [5, 5.41) is 3.62. The van der Waals surface area contributed by atoms with Crippen molar-refractivity contribution >= 4 is 0 Å². The van der Waals surface area contributed by atoms with Crippen LogP contribution in [0.3, 0.4) is 0 Å². The third-order valence-electron chi connectivity index (χ3n) is 3.36. The first-order valence-electron chi connectivity index (χ1n) is 6.27. The van der Waals surface area contributed by atoms with Crippen LogP contribution in [0.25, 0.3) is 0 Å². The summed E-state index contributed by atoms with van der Waals surface area (Å²) in [6.45, 7) is 5.98. The minimum absolute atomic E-state index is 0.350. The normalized spacial score (nSPS) is 18.5. The number of rotatable bonds is 6. The highest BCUT2D eigenvalue weighted by atomic mass is 16.5. The Morgan fingerprint density at radius 1 is 1.35 bits per heavy atom. The molecule has 1 aromatic rings. The van der Waals surface area contributed by atoms with Crippen LogP contribution in [0.2, 0.25) is 0 Å². The molecule has 1 aliphatic carbocycles. The fourth-order valence-electron chi connectivity index (χ4n) is 2.10. The van der Waals surface area contributed by atoms with Crippen LogP contribution in [0.15, 0.2) is 36.9 Å². The molecule has 2 unspecified atom stereocenters. The lowest BCUT2D eigenvalue weighted by molar-refractivity contribution is 0.413. The molecule has 0 aliphatic heterocycles. The first-order chi connectivity index (χ1) is 8.24. The second-order valence-electron chi connectivity index (χ2n) is 4.78. The maximum Gasteiger partial charge on any atom is 0.118 e. The fourth-order valence-corrected chi connectivity index (χ4v) is 2.10. The van der Waals surface area contributed by atoms with Crippen molar-refractivity contribution in [3.63, 3.8) is 0 Å². The van der Waals surface area contributed by atoms with Gasteiger partial charge in [-0.1, -0.05) is 18.2 Å². The zero-order chi connectivity index (χ0) is 12.3. The van der Waals surface area contributed by atoms with Crippen molar-refractivity contribution in [2.24, 2.45) is 5.92 Å². The maximum absolute atomic E-state index is 5.19. The minimum atomic E-state index is 0.350. The van der Waals surface area contributed by atoms with Gasteiger partial charge in [-0.25, -0.2) is 0 Å². The molecule has 0 amide bonds. The summed E-state index contributed by atoms with van der Waals surface area (Å²) >= 11 is 0. The summed E-state index contributed by atoms with van der Waals surface area (Å²) in [4.78, 5) is 0. The molecule has 2 rings (SSSR count). The zero-order valence-electron chi connectivity index (χ0n) is 10.6. The Balaban J connectivity index is 2.11. The Bertz CT molecular complexity index is 367. The smallest absolute Gasteiger partial charge is 0.118 e. The number of benzene rings is 1. The van der Waals surface area contributed by atoms with E-state index in [9.17, 15) is 0 Å². The van der Waals surface area contributed by atoms with Crippen molar-refractivity contribution in [1.29, 1.82) is 0 Å². The fraction of sp³-hybridized carbons (Fsp3) is 0.467. The van der Waals surface area contributed by atoms with Crippen LogP contribution in [-0.4, -0.2) is 13.2 Å². The molecule has 0 spiro atoms. The molecular weight excluding hydrogens is 210 g/mol. The van der Waals surface area contributed by atoms with Gasteiger partial charge in [0.2, 0.25) is 0 Å². The van der Waals surface area contributed by atoms with Gasteiger partial charge >= 0.3 is 0 Å². The Morgan fingerprint density at radius 2 is 2.00 bits per heavy atom. The van der Waals surface area contributed by atoms with Crippen LogP contribution < -0.4 is 10.1 Å². The van der Waals surface area contributed by atoms with Crippen molar-refractivity contribution in [2.45, 2.75) is 31.8 Å². The van der Waals surface area contributed by atoms with E-state index >= 15 is 0 Å². The Labute approximate surface area is 104 Å². The first-order valence-corrected chi connectivity index (χ1v) is 6.27. The van der Waals surface area contributed by atoms with Crippen molar-refractivity contribution in [1.82, 2.24) is 5.32 Å². The molecule has 0 radical (unpaired) electrons. The van der Waals surface area contributed by atoms with E-state index in [0.717, 1.165) is 11.7 Å². The Kier molecular flexibility index (Phi) is 3.85. The monoisotopic (exact) mass is 231 g/mol. The van der Waals surface area contributed by atoms with E-state index in [-0.39, 0.29) is 0 Å². The molecule has 1 saturated carbocycles. The molecule has 2 heteroatoms. The van der Waals surface area contributed by atoms with Crippen LogP contribution in [0.4, 0.5) is 0 Å². The summed E-state index contributed by atoms with van der Waals surface area (Å²) in [5.74, 6) is 1.70. The van der Waals surface area contributed by atoms with E-state index < -0.39 is 0 Å². The molecule has 1 N–H and O–H groups in total. The average molecular weight is 231 g/mol. The summed E-state index contributed by atoms with van der Waals surface area (Å²) in [6.07, 6.45) is 4.61. The number of nitrogens with one attached hydrogen (secondary N) is 1. The topological polar surface area (TPSA) is 21.3 Å². The second-order valence-corrected chi connectivity index (χ2v) is 4.78. The van der Waals surface area contributed by atoms with Gasteiger partial charge in [0.25, 0.3) is 0 Å². The number of ether oxygens (including phenoxy) is 1. The van der Waals surface area contributed by atoms with Gasteiger partial charge in [0, 0.05) is 12.1 Å². The molecule has 1 fully saturated rings. The highest BCUT2D eigenvalue weighted by molar-refractivity contribution is 5.30. The highest BCUT2D eigenvalue weighted by Gasteiger charge is 2.32. The summed E-state index contributed by atoms with van der Waals surface area (Å²) < 4.78 is 5.19. The summed E-state index contributed by atoms with van der Waals surface area (Å²) in [7, 11) is 1.70. The van der Waals surface area contributed by atoms with Gasteiger partial charge in [0.05, 0.1) is 7.11 Å². The van der Waals surface area contributed by atoms with Crippen LogP contribution >= 0.6 is 0 Å². The quantitative estimate of drug-likeness (QED) is 0.758. The molecule has 1 aromatic carbocycles. The van der Waals surface area contributed by atoms with Crippen LogP contribution in [0.5, 0.6) is 5.75 Å². The van der Waals surface area contributed by atoms with Gasteiger partial charge in [-0.05, 0) is 43.4 Å². The molecule has 92 valence electrons. The maximum atomic E-state index is 5.19. The largest absolute Gasteiger partial charge is 0.497 e. The molecule has 2 atom stereocenters. The third-order valence-corrected chi connectivity index (χ3v) is 3.36. The molecular formula is C15H21NO. The molecule has 0 saturated heterocycles. The second kappa shape index (κ2) is 5.37. The van der Waals surface area contributed by atoms with Gasteiger partial charge < -0.3 is 10.1 Å². The van der Waals surface area contributed by atoms with Gasteiger partial charge in [-0.3, -0.25) is 0 Å². The zero-order valence-corrected chi connectivity index (χ0v) is 10.6. The van der Waals surface area contributed by atoms with E-state index in [0.29, 0.717) is 12.1 Å². The van der Waals surface area contributed by atoms with E-state index in [4.69, 9.17) is 4.74 Å². The van der Waals surface area contributed by atoms with Gasteiger partial charge in [0.15, 0.2) is 0 Å². The van der Waals surface area contributed by atoms with Gasteiger partial charge in [-0.15, -0.1) is 6.58 Å². The van der Waals surface area contributed by atoms with E-state index in [1.165, 1.54) is 18.4 Å². The Morgan fingerprint density at radius 3 is 2.47 bits per heavy atom. The van der Waals surface area contributed by atoms with Crippen molar-refractivity contribution < 1.29 is 4.74 Å². The standard InChI is InChI=1S/C15H21NO/c1-4-11(2)16-15(12-5-6-12)13-7-9-14(17-3)10-8-13/h4,7-12,15-16H,1,5-6H2,2-3H3. The van der Waals surface area contributed by atoms with Crippen molar-refractivity contribution in [3.05, 3.63) is 42.5 Å². The lowest BCUT2D eigenvalue weighted by atomic mass is 10.0. The summed E-state index contributed by atoms with van der Waals surface area (Å²) in [6, 6.07) is 9.18. The lowest BCUT2D eigenvalue weighted by Crippen LogP contribution is -2.30. The predicted molar refractivity (Wildman–Crippen MR) is 71.3 cm³/mol. The minimum Gasteiger partial charge on any atom is -0.497 e. The molecule has 2 nitrogen and oxygen atoms in total. The highest BCUT2D eigenvalue weighted by Crippen LogP contribution is 2.41. The lowest BCUT2D eigenvalue weighted by Gasteiger charge is -2.22. The molecule has 17 heavy (non-hydrogen) atoms. The van der Waals surface area contributed by atoms with E-state index in [1.54, 1.807) is 7.11 Å². The average Bonchev–Trinajstić information content (AvgIpc) is 3.20. The van der Waals surface area contributed by atoms with Crippen LogP contribution in [0.1, 0.15) is 31.4 Å². The van der Waals surface area contributed by atoms with E-state index in [2.05, 4.69) is 31.0 Å². The van der Waals surface area contributed by atoms with Crippen LogP contribution in [0, 0.1) is 5.92 Å². The first kappa shape index (κ1) is 12.2. The van der Waals surface area contributed by atoms with Gasteiger partial charge in [0.1, 0.15) is 5.75 Å². The van der Waals surface area contributed by atoms with E-state index in [1.807, 2.05) is 18.2 Å².